The van der Waals surface area contributed by atoms with Crippen molar-refractivity contribution in [2.75, 3.05) is 0 Å². The van der Waals surface area contributed by atoms with E-state index in [4.69, 9.17) is 5.11 Å². The molecule has 0 aromatic heterocycles. The van der Waals surface area contributed by atoms with Crippen LogP contribution in [-0.4, -0.2) is 43.6 Å². The Hall–Kier alpha value is -2.18. The molecule has 0 aliphatic heterocycles. The van der Waals surface area contributed by atoms with E-state index in [1.54, 1.807) is 30.3 Å². The molecule has 0 radical (unpaired) electrons. The predicted octanol–water partition coefficient (Wildman–Crippen LogP) is 0.495. The summed E-state index contributed by atoms with van der Waals surface area (Å²) in [6.07, 6.45) is 0.203. The summed E-state index contributed by atoms with van der Waals surface area (Å²) in [5.74, 6) is -3.15. The van der Waals surface area contributed by atoms with Crippen LogP contribution in [0.15, 0.2) is 36.4 Å². The molecule has 0 bridgehead atoms. The molecule has 1 aliphatic carbocycles. The fourth-order valence-corrected chi connectivity index (χ4v) is 2.36. The number of carbonyl (C=O) groups is 2. The molecule has 1 aromatic rings. The summed E-state index contributed by atoms with van der Waals surface area (Å²) < 4.78 is 0. The molecule has 20 heavy (non-hydrogen) atoms. The lowest BCUT2D eigenvalue weighted by Crippen LogP contribution is -2.53. The quantitative estimate of drug-likeness (QED) is 0.640. The minimum atomic E-state index is -2.44. The lowest BCUT2D eigenvalue weighted by atomic mass is 9.72. The van der Waals surface area contributed by atoms with Gasteiger partial charge in [0.1, 0.15) is 0 Å². The van der Waals surface area contributed by atoms with Crippen molar-refractivity contribution in [3.05, 3.63) is 42.0 Å². The molecule has 2 unspecified atom stereocenters. The van der Waals surface area contributed by atoms with E-state index >= 15 is 0 Å². The van der Waals surface area contributed by atoms with Crippen LogP contribution in [0.25, 0.3) is 5.57 Å². The second-order valence-electron chi connectivity index (χ2n) is 4.87. The molecule has 0 heterocycles. The highest BCUT2D eigenvalue weighted by molar-refractivity contribution is 5.97. The molecule has 106 valence electrons. The van der Waals surface area contributed by atoms with E-state index in [1.807, 2.05) is 0 Å². The Morgan fingerprint density at radius 1 is 1.00 bits per heavy atom. The molecule has 6 nitrogen and oxygen atoms in total. The van der Waals surface area contributed by atoms with E-state index in [0.717, 1.165) is 0 Å². The van der Waals surface area contributed by atoms with Crippen LogP contribution in [0.5, 0.6) is 0 Å². The number of carboxylic acids is 2. The van der Waals surface area contributed by atoms with E-state index in [2.05, 4.69) is 0 Å². The summed E-state index contributed by atoms with van der Waals surface area (Å²) in [6, 6.07) is 8.32. The Labute approximate surface area is 114 Å². The van der Waals surface area contributed by atoms with Gasteiger partial charge in [0.05, 0.1) is 0 Å². The predicted molar refractivity (Wildman–Crippen MR) is 68.8 cm³/mol. The second-order valence-corrected chi connectivity index (χ2v) is 4.87. The monoisotopic (exact) mass is 278 g/mol. The van der Waals surface area contributed by atoms with Gasteiger partial charge in [-0.05, 0) is 11.1 Å². The van der Waals surface area contributed by atoms with E-state index in [-0.39, 0.29) is 12.0 Å². The third kappa shape index (κ3) is 2.19. The number of benzene rings is 1. The minimum absolute atomic E-state index is 0.0940. The van der Waals surface area contributed by atoms with Crippen LogP contribution in [0.2, 0.25) is 0 Å². The van der Waals surface area contributed by atoms with Gasteiger partial charge in [-0.3, -0.25) is 0 Å². The fourth-order valence-electron chi connectivity index (χ4n) is 2.36. The Bertz CT molecular complexity index is 579. The summed E-state index contributed by atoms with van der Waals surface area (Å²) >= 11 is 0. The average Bonchev–Trinajstić information content (AvgIpc) is 2.39. The Kier molecular flexibility index (Phi) is 3.37. The Morgan fingerprint density at radius 3 is 2.10 bits per heavy atom. The summed E-state index contributed by atoms with van der Waals surface area (Å²) in [7, 11) is 0. The van der Waals surface area contributed by atoms with E-state index in [0.29, 0.717) is 5.56 Å². The van der Waals surface area contributed by atoms with Gasteiger partial charge in [0.15, 0.2) is 11.2 Å². The molecule has 0 spiro atoms. The number of aliphatic carboxylic acids is 2. The Morgan fingerprint density at radius 2 is 1.60 bits per heavy atom. The van der Waals surface area contributed by atoms with Gasteiger partial charge in [-0.15, -0.1) is 0 Å². The summed E-state index contributed by atoms with van der Waals surface area (Å²) in [4.78, 5) is 22.4. The third-order valence-corrected chi connectivity index (χ3v) is 3.47. The Balaban J connectivity index is 2.53. The van der Waals surface area contributed by atoms with Crippen LogP contribution in [0.3, 0.4) is 0 Å². The first-order valence-corrected chi connectivity index (χ1v) is 5.97. The molecule has 1 aromatic carbocycles. The topological polar surface area (TPSA) is 115 Å². The van der Waals surface area contributed by atoms with Gasteiger partial charge in [-0.25, -0.2) is 9.59 Å². The molecule has 0 saturated heterocycles. The number of carboxylic acid groups (broad SMARTS) is 2. The fraction of sp³-hybridized carbons (Fsp3) is 0.286. The summed E-state index contributed by atoms with van der Waals surface area (Å²) in [6.45, 7) is 0. The molecular formula is C14H14O6. The van der Waals surface area contributed by atoms with Crippen molar-refractivity contribution in [2.45, 2.75) is 24.0 Å². The second kappa shape index (κ2) is 4.73. The van der Waals surface area contributed by atoms with Crippen LogP contribution >= 0.6 is 0 Å². The standard InChI is InChI=1S/C14H14O6/c15-11(16)13(19)7-6-10(9-4-2-1-3-5-9)14(20,8-13)12(17)18/h1-6,19-20H,7-8H2,(H,15,16)(H,17,18). The maximum Gasteiger partial charge on any atom is 0.340 e. The molecular weight excluding hydrogens is 264 g/mol. The lowest BCUT2D eigenvalue weighted by Gasteiger charge is -2.37. The van der Waals surface area contributed by atoms with Crippen LogP contribution in [0, 0.1) is 0 Å². The zero-order valence-electron chi connectivity index (χ0n) is 10.5. The highest BCUT2D eigenvalue weighted by Gasteiger charge is 2.53. The van der Waals surface area contributed by atoms with Crippen molar-refractivity contribution in [3.8, 4) is 0 Å². The molecule has 2 rings (SSSR count). The SMILES string of the molecule is O=C(O)C1(O)CC=C(c2ccccc2)C(O)(C(=O)O)C1. The first-order chi connectivity index (χ1) is 9.29. The first-order valence-electron chi connectivity index (χ1n) is 5.97. The first kappa shape index (κ1) is 14.2. The molecule has 0 saturated carbocycles. The van der Waals surface area contributed by atoms with Gasteiger partial charge in [-0.2, -0.15) is 0 Å². The lowest BCUT2D eigenvalue weighted by molar-refractivity contribution is -0.171. The maximum atomic E-state index is 11.4. The van der Waals surface area contributed by atoms with Crippen molar-refractivity contribution in [2.24, 2.45) is 0 Å². The van der Waals surface area contributed by atoms with Gasteiger partial charge in [0.2, 0.25) is 0 Å². The highest BCUT2D eigenvalue weighted by Crippen LogP contribution is 2.41. The molecule has 0 amide bonds. The van der Waals surface area contributed by atoms with E-state index in [9.17, 15) is 24.9 Å². The van der Waals surface area contributed by atoms with Gasteiger partial charge < -0.3 is 20.4 Å². The van der Waals surface area contributed by atoms with Crippen molar-refractivity contribution < 1.29 is 30.0 Å². The van der Waals surface area contributed by atoms with E-state index < -0.39 is 29.6 Å². The normalized spacial score (nSPS) is 29.6. The number of hydrogen-bond acceptors (Lipinski definition) is 4. The zero-order chi connectivity index (χ0) is 15.0. The molecule has 6 heteroatoms. The van der Waals surface area contributed by atoms with Gasteiger partial charge in [0.25, 0.3) is 0 Å². The number of hydrogen-bond donors (Lipinski definition) is 4. The van der Waals surface area contributed by atoms with Gasteiger partial charge in [0, 0.05) is 12.8 Å². The number of rotatable bonds is 3. The van der Waals surface area contributed by atoms with Crippen molar-refractivity contribution in [1.29, 1.82) is 0 Å². The zero-order valence-corrected chi connectivity index (χ0v) is 10.5. The van der Waals surface area contributed by atoms with Gasteiger partial charge in [-0.1, -0.05) is 36.4 Å². The smallest absolute Gasteiger partial charge is 0.340 e. The maximum absolute atomic E-state index is 11.4. The van der Waals surface area contributed by atoms with Crippen molar-refractivity contribution in [3.63, 3.8) is 0 Å². The highest BCUT2D eigenvalue weighted by atomic mass is 16.4. The van der Waals surface area contributed by atoms with Crippen molar-refractivity contribution >= 4 is 17.5 Å². The van der Waals surface area contributed by atoms with Crippen molar-refractivity contribution in [1.82, 2.24) is 0 Å². The molecule has 1 aliphatic rings. The molecule has 4 N–H and O–H groups in total. The summed E-state index contributed by atoms with van der Waals surface area (Å²) in [5.41, 5.74) is -4.15. The van der Waals surface area contributed by atoms with Crippen LogP contribution in [0.4, 0.5) is 0 Å². The average molecular weight is 278 g/mol. The van der Waals surface area contributed by atoms with E-state index in [1.165, 1.54) is 6.08 Å². The van der Waals surface area contributed by atoms with Crippen LogP contribution in [-0.2, 0) is 9.59 Å². The minimum Gasteiger partial charge on any atom is -0.479 e. The van der Waals surface area contributed by atoms with Crippen LogP contribution in [0.1, 0.15) is 18.4 Å². The largest absolute Gasteiger partial charge is 0.479 e. The molecule has 2 atom stereocenters. The van der Waals surface area contributed by atoms with Crippen LogP contribution < -0.4 is 0 Å². The number of aliphatic hydroxyl groups is 2. The third-order valence-electron chi connectivity index (χ3n) is 3.47. The van der Waals surface area contributed by atoms with Gasteiger partial charge >= 0.3 is 11.9 Å². The summed E-state index contributed by atoms with van der Waals surface area (Å²) in [5, 5.41) is 38.5. The molecule has 0 fully saturated rings.